The molecule has 0 saturated carbocycles. The van der Waals surface area contributed by atoms with Crippen LogP contribution in [0.4, 0.5) is 30.4 Å². The molecular formula is C48H55ClF3N7O5S3. The zero-order chi connectivity index (χ0) is 47.4. The fourth-order valence-electron chi connectivity index (χ4n) is 8.94. The normalized spacial score (nSPS) is 18.3. The van der Waals surface area contributed by atoms with Gasteiger partial charge in [0, 0.05) is 85.1 Å². The van der Waals surface area contributed by atoms with Gasteiger partial charge in [-0.15, -0.1) is 11.8 Å². The van der Waals surface area contributed by atoms with Gasteiger partial charge in [0.25, 0.3) is 19.9 Å². The summed E-state index contributed by atoms with van der Waals surface area (Å²) in [5.41, 5.74) is -0.383. The average molecular weight is 999 g/mol. The van der Waals surface area contributed by atoms with Gasteiger partial charge in [0.2, 0.25) is 0 Å². The molecule has 1 atom stereocenters. The summed E-state index contributed by atoms with van der Waals surface area (Å²) in [7, 11) is -10.7. The Morgan fingerprint density at radius 1 is 0.866 bits per heavy atom. The lowest BCUT2D eigenvalue weighted by atomic mass is 9.73. The predicted octanol–water partition coefficient (Wildman–Crippen LogP) is 9.46. The largest absolute Gasteiger partial charge is 0.501 e. The number of fused-ring (bicyclic) bond motifs is 1. The monoisotopic (exact) mass is 997 g/mol. The van der Waals surface area contributed by atoms with E-state index in [9.17, 15) is 30.0 Å². The van der Waals surface area contributed by atoms with Gasteiger partial charge in [-0.2, -0.15) is 13.2 Å². The number of halogens is 4. The fraction of sp³-hybridized carbons (Fsp3) is 0.417. The molecule has 12 nitrogen and oxygen atoms in total. The highest BCUT2D eigenvalue weighted by molar-refractivity contribution is 7.99. The summed E-state index contributed by atoms with van der Waals surface area (Å²) in [4.78, 5) is 14.6. The molecule has 2 saturated heterocycles. The molecule has 0 bridgehead atoms. The van der Waals surface area contributed by atoms with E-state index < -0.39 is 41.2 Å². The van der Waals surface area contributed by atoms with E-state index in [0.29, 0.717) is 62.0 Å². The molecule has 0 unspecified atom stereocenters. The molecule has 1 aromatic heterocycles. The number of sulfone groups is 1. The van der Waals surface area contributed by atoms with Crippen LogP contribution in [0.15, 0.2) is 118 Å². The molecule has 358 valence electrons. The van der Waals surface area contributed by atoms with E-state index in [-0.39, 0.29) is 16.9 Å². The quantitative estimate of drug-likeness (QED) is 0.0912. The number of rotatable bonds is 16. The number of nitrogens with one attached hydrogen (secondary N) is 2. The first kappa shape index (κ1) is 49.0. The van der Waals surface area contributed by atoms with Crippen LogP contribution in [0.1, 0.15) is 45.1 Å². The second-order valence-corrected chi connectivity index (χ2v) is 23.2. The standard InChI is InChI=1S/C48H55ClF3N7O5S3/c1-47(2)18-16-41(34-8-10-36(49)11-9-34)35(30-47)31-58-20-22-59(23-21-58)38-12-14-42-44(28-38)53-33-54-46(42)56-67(62,63)40-13-15-43(45(29-40)66(60,61)48(50,51)52)55-37(17-19-57-24-26-64-27-25-57)32-65-39-6-4-3-5-7-39/h3-15,28-29,33,37,55H,16-27,30-32H2,1-2H3,(H,53,54,56)/t37-/m1/s1. The van der Waals surface area contributed by atoms with E-state index in [1.807, 2.05) is 54.6 Å². The maximum atomic E-state index is 14.3. The van der Waals surface area contributed by atoms with Gasteiger partial charge in [-0.25, -0.2) is 26.8 Å². The number of piperazine rings is 1. The summed E-state index contributed by atoms with van der Waals surface area (Å²) >= 11 is 7.69. The highest BCUT2D eigenvalue weighted by Crippen LogP contribution is 2.43. The Bertz CT molecular complexity index is 2790. The Balaban J connectivity index is 0.985. The van der Waals surface area contributed by atoms with Crippen molar-refractivity contribution in [3.05, 3.63) is 113 Å². The van der Waals surface area contributed by atoms with Crippen molar-refractivity contribution in [2.24, 2.45) is 5.41 Å². The van der Waals surface area contributed by atoms with E-state index in [1.54, 1.807) is 6.07 Å². The molecule has 4 aromatic carbocycles. The number of nitrogens with zero attached hydrogens (tertiary/aromatic N) is 5. The van der Waals surface area contributed by atoms with Crippen molar-refractivity contribution < 1.29 is 34.7 Å². The van der Waals surface area contributed by atoms with E-state index in [2.05, 4.69) is 60.7 Å². The fourth-order valence-corrected chi connectivity index (χ4v) is 12.1. The number of sulfonamides is 1. The van der Waals surface area contributed by atoms with Crippen LogP contribution in [-0.4, -0.2) is 119 Å². The Morgan fingerprint density at radius 3 is 2.31 bits per heavy atom. The van der Waals surface area contributed by atoms with Crippen LogP contribution in [-0.2, 0) is 24.6 Å². The molecule has 0 amide bonds. The van der Waals surface area contributed by atoms with Crippen LogP contribution in [0.5, 0.6) is 0 Å². The lowest BCUT2D eigenvalue weighted by molar-refractivity contribution is -0.0435. The van der Waals surface area contributed by atoms with E-state index in [1.165, 1.54) is 34.8 Å². The van der Waals surface area contributed by atoms with Gasteiger partial charge in [0.05, 0.1) is 29.3 Å². The smallest absolute Gasteiger partial charge is 0.380 e. The van der Waals surface area contributed by atoms with Crippen LogP contribution in [0.25, 0.3) is 16.5 Å². The molecule has 1 aliphatic carbocycles. The van der Waals surface area contributed by atoms with E-state index in [4.69, 9.17) is 16.3 Å². The molecule has 0 spiro atoms. The highest BCUT2D eigenvalue weighted by atomic mass is 35.5. The first-order chi connectivity index (χ1) is 31.9. The second kappa shape index (κ2) is 20.7. The molecule has 2 fully saturated rings. The molecule has 8 rings (SSSR count). The third kappa shape index (κ3) is 12.1. The van der Waals surface area contributed by atoms with Crippen molar-refractivity contribution >= 4 is 76.9 Å². The summed E-state index contributed by atoms with van der Waals surface area (Å²) in [5, 5.41) is 4.13. The second-order valence-electron chi connectivity index (χ2n) is 18.0. The number of benzene rings is 4. The van der Waals surface area contributed by atoms with Crippen molar-refractivity contribution in [3.8, 4) is 0 Å². The number of thioether (sulfide) groups is 1. The van der Waals surface area contributed by atoms with E-state index in [0.717, 1.165) is 79.7 Å². The minimum atomic E-state index is -6.02. The topological polar surface area (TPSA) is 137 Å². The van der Waals surface area contributed by atoms with Gasteiger partial charge < -0.3 is 15.0 Å². The minimum absolute atomic E-state index is 0.106. The third-order valence-corrected chi connectivity index (χ3v) is 17.0. The number of ether oxygens (including phenoxy) is 1. The average Bonchev–Trinajstić information content (AvgIpc) is 3.30. The maximum absolute atomic E-state index is 14.3. The molecule has 0 radical (unpaired) electrons. The van der Waals surface area contributed by atoms with Crippen molar-refractivity contribution in [1.29, 1.82) is 0 Å². The van der Waals surface area contributed by atoms with Gasteiger partial charge in [-0.05, 0) is 103 Å². The van der Waals surface area contributed by atoms with Gasteiger partial charge in [0.15, 0.2) is 5.82 Å². The van der Waals surface area contributed by atoms with Crippen molar-refractivity contribution in [2.45, 2.75) is 65.8 Å². The summed E-state index contributed by atoms with van der Waals surface area (Å²) in [6.07, 6.45) is 4.86. The summed E-state index contributed by atoms with van der Waals surface area (Å²) < 4.78 is 105. The Kier molecular flexibility index (Phi) is 15.1. The molecule has 5 aromatic rings. The molecule has 3 aliphatic rings. The van der Waals surface area contributed by atoms with Crippen molar-refractivity contribution in [2.75, 3.05) is 86.3 Å². The first-order valence-electron chi connectivity index (χ1n) is 22.4. The number of hydrogen-bond acceptors (Lipinski definition) is 12. The van der Waals surface area contributed by atoms with Gasteiger partial charge in [-0.3, -0.25) is 14.5 Å². The molecule has 67 heavy (non-hydrogen) atoms. The highest BCUT2D eigenvalue weighted by Gasteiger charge is 2.48. The summed E-state index contributed by atoms with van der Waals surface area (Å²) in [6, 6.07) is 25.2. The Labute approximate surface area is 400 Å². The number of anilines is 3. The molecule has 19 heteroatoms. The number of aromatic nitrogens is 2. The summed E-state index contributed by atoms with van der Waals surface area (Å²) in [6.45, 7) is 11.8. The number of hydrogen-bond donors (Lipinski definition) is 2. The van der Waals surface area contributed by atoms with Gasteiger partial charge in [-0.1, -0.05) is 61.4 Å². The van der Waals surface area contributed by atoms with Crippen LogP contribution in [0.3, 0.4) is 0 Å². The SMILES string of the molecule is CC1(C)CCC(c2ccc(Cl)cc2)=C(CN2CCN(c3ccc4c(NS(=O)(=O)c5ccc(N[C@H](CCN6CCOCC6)CSc6ccccc6)c(S(=O)(=O)C(F)(F)F)c5)ncnc4c3)CC2)C1. The van der Waals surface area contributed by atoms with Crippen molar-refractivity contribution in [1.82, 2.24) is 19.8 Å². The Morgan fingerprint density at radius 2 is 1.60 bits per heavy atom. The molecular weight excluding hydrogens is 943 g/mol. The van der Waals surface area contributed by atoms with Crippen LogP contribution < -0.4 is 14.9 Å². The van der Waals surface area contributed by atoms with Crippen LogP contribution in [0, 0.1) is 5.41 Å². The zero-order valence-electron chi connectivity index (χ0n) is 37.4. The molecule has 2 aliphatic heterocycles. The van der Waals surface area contributed by atoms with Gasteiger partial charge >= 0.3 is 5.51 Å². The summed E-state index contributed by atoms with van der Waals surface area (Å²) in [5.74, 6) is 0.286. The minimum Gasteiger partial charge on any atom is -0.380 e. The maximum Gasteiger partial charge on any atom is 0.501 e. The number of allylic oxidation sites excluding steroid dienone is 1. The van der Waals surface area contributed by atoms with Crippen LogP contribution >= 0.6 is 23.4 Å². The first-order valence-corrected chi connectivity index (χ1v) is 26.7. The molecule has 3 heterocycles. The van der Waals surface area contributed by atoms with Gasteiger partial charge in [0.1, 0.15) is 11.2 Å². The Hall–Kier alpha value is -4.43. The van der Waals surface area contributed by atoms with Crippen molar-refractivity contribution in [3.63, 3.8) is 0 Å². The molecule has 2 N–H and O–H groups in total. The third-order valence-electron chi connectivity index (χ3n) is 12.7. The number of alkyl halides is 3. The van der Waals surface area contributed by atoms with E-state index >= 15 is 0 Å². The van der Waals surface area contributed by atoms with Crippen LogP contribution in [0.2, 0.25) is 5.02 Å². The zero-order valence-corrected chi connectivity index (χ0v) is 40.6. The number of morpholine rings is 1. The lowest BCUT2D eigenvalue weighted by Crippen LogP contribution is -2.47. The predicted molar refractivity (Wildman–Crippen MR) is 261 cm³/mol. The lowest BCUT2D eigenvalue weighted by Gasteiger charge is -2.39.